The zero-order valence-corrected chi connectivity index (χ0v) is 12.7. The van der Waals surface area contributed by atoms with Crippen molar-refractivity contribution in [3.63, 3.8) is 0 Å². The molecule has 0 spiro atoms. The first-order chi connectivity index (χ1) is 10.3. The van der Waals surface area contributed by atoms with Gasteiger partial charge in [-0.25, -0.2) is 0 Å². The molecule has 0 aromatic heterocycles. The van der Waals surface area contributed by atoms with Crippen LogP contribution in [0.4, 0.5) is 0 Å². The molecule has 0 bridgehead atoms. The van der Waals surface area contributed by atoms with Crippen LogP contribution in [0.2, 0.25) is 0 Å². The van der Waals surface area contributed by atoms with E-state index in [1.807, 2.05) is 0 Å². The summed E-state index contributed by atoms with van der Waals surface area (Å²) in [6, 6.07) is 0. The van der Waals surface area contributed by atoms with Crippen molar-refractivity contribution in [1.82, 2.24) is 0 Å². The Kier molecular flexibility index (Phi) is 3.32. The minimum Gasteiger partial charge on any atom is -0.411 e. The summed E-state index contributed by atoms with van der Waals surface area (Å²) in [5.74, 6) is 7.56. The summed E-state index contributed by atoms with van der Waals surface area (Å²) in [7, 11) is 0. The predicted molar refractivity (Wildman–Crippen MR) is 84.0 cm³/mol. The summed E-state index contributed by atoms with van der Waals surface area (Å²) < 4.78 is 0. The van der Waals surface area contributed by atoms with Crippen LogP contribution in [0.1, 0.15) is 51.4 Å². The second-order valence-corrected chi connectivity index (χ2v) is 7.61. The first-order valence-electron chi connectivity index (χ1n) is 8.69. The average molecular weight is 283 g/mol. The van der Waals surface area contributed by atoms with Gasteiger partial charge < -0.3 is 5.21 Å². The Morgan fingerprint density at radius 3 is 2.81 bits per heavy atom. The van der Waals surface area contributed by atoms with Crippen LogP contribution >= 0.6 is 0 Å². The van der Waals surface area contributed by atoms with Gasteiger partial charge in [-0.3, -0.25) is 0 Å². The third kappa shape index (κ3) is 2.05. The van der Waals surface area contributed by atoms with E-state index < -0.39 is 0 Å². The lowest BCUT2D eigenvalue weighted by Gasteiger charge is -2.50. The zero-order chi connectivity index (χ0) is 14.4. The second kappa shape index (κ2) is 5.20. The summed E-state index contributed by atoms with van der Waals surface area (Å²) >= 11 is 0. The Balaban J connectivity index is 1.66. The molecule has 4 rings (SSSR count). The number of nitrogens with zero attached hydrogens (tertiary/aromatic N) is 1. The van der Waals surface area contributed by atoms with Crippen LogP contribution < -0.4 is 0 Å². The fourth-order valence-electron chi connectivity index (χ4n) is 6.16. The topological polar surface area (TPSA) is 32.6 Å². The molecule has 2 nitrogen and oxygen atoms in total. The van der Waals surface area contributed by atoms with Crippen molar-refractivity contribution in [3.05, 3.63) is 11.6 Å². The monoisotopic (exact) mass is 283 g/mol. The third-order valence-electron chi connectivity index (χ3n) is 6.90. The van der Waals surface area contributed by atoms with Crippen LogP contribution in [0.25, 0.3) is 0 Å². The molecule has 0 amide bonds. The Labute approximate surface area is 127 Å². The van der Waals surface area contributed by atoms with Crippen LogP contribution in [0.3, 0.4) is 0 Å². The van der Waals surface area contributed by atoms with E-state index >= 15 is 0 Å². The van der Waals surface area contributed by atoms with E-state index in [2.05, 4.69) is 17.2 Å². The number of oxime groups is 1. The van der Waals surface area contributed by atoms with Gasteiger partial charge in [0.25, 0.3) is 0 Å². The van der Waals surface area contributed by atoms with Crippen molar-refractivity contribution in [2.45, 2.75) is 51.4 Å². The van der Waals surface area contributed by atoms with Crippen molar-refractivity contribution >= 4 is 5.71 Å². The third-order valence-corrected chi connectivity index (χ3v) is 6.90. The number of fused-ring (bicyclic) bond motifs is 5. The molecule has 1 N–H and O–H groups in total. The Morgan fingerprint density at radius 1 is 1.10 bits per heavy atom. The molecule has 0 aliphatic heterocycles. The molecule has 0 aromatic rings. The van der Waals surface area contributed by atoms with Crippen LogP contribution in [0, 0.1) is 47.9 Å². The van der Waals surface area contributed by atoms with Crippen molar-refractivity contribution in [2.75, 3.05) is 0 Å². The molecule has 0 saturated heterocycles. The highest BCUT2D eigenvalue weighted by Crippen LogP contribution is 2.57. The molecule has 4 aliphatic rings. The fourth-order valence-corrected chi connectivity index (χ4v) is 6.16. The number of allylic oxidation sites excluding steroid dienone is 2. The summed E-state index contributed by atoms with van der Waals surface area (Å²) in [5, 5.41) is 12.6. The quantitative estimate of drug-likeness (QED) is 0.402. The van der Waals surface area contributed by atoms with Crippen molar-refractivity contribution in [1.29, 1.82) is 0 Å². The average Bonchev–Trinajstić information content (AvgIpc) is 3.01. The SMILES string of the molecule is C#CC1C/C(=N\O)C=C2CC[C@H]3[C@@H]4CCC[C@H]4CC[C@H]3[C@H]21. The van der Waals surface area contributed by atoms with E-state index in [4.69, 9.17) is 11.6 Å². The highest BCUT2D eigenvalue weighted by molar-refractivity contribution is 5.96. The van der Waals surface area contributed by atoms with E-state index in [-0.39, 0.29) is 5.92 Å². The van der Waals surface area contributed by atoms with Crippen LogP contribution in [0.5, 0.6) is 0 Å². The molecule has 6 atom stereocenters. The number of rotatable bonds is 0. The summed E-state index contributed by atoms with van der Waals surface area (Å²) in [5.41, 5.74) is 2.27. The summed E-state index contributed by atoms with van der Waals surface area (Å²) in [6.07, 6.45) is 18.4. The maximum absolute atomic E-state index is 9.12. The van der Waals surface area contributed by atoms with Gasteiger partial charge in [0.05, 0.1) is 5.71 Å². The summed E-state index contributed by atoms with van der Waals surface area (Å²) in [6.45, 7) is 0. The smallest absolute Gasteiger partial charge is 0.0807 e. The molecule has 3 saturated carbocycles. The van der Waals surface area contributed by atoms with Gasteiger partial charge in [0, 0.05) is 12.3 Å². The zero-order valence-electron chi connectivity index (χ0n) is 12.7. The standard InChI is InChI=1S/C19H25NO/c1-2-12-10-15(20-21)11-14-7-8-17-16-5-3-4-13(16)6-9-18(17)19(12)14/h1,11-13,16-19,21H,3-10H2/b20-15+/t12?,13-,16+,17-,18+,19-/m0/s1. The minimum atomic E-state index is 0.252. The molecule has 0 aromatic carbocycles. The van der Waals surface area contributed by atoms with Crippen LogP contribution in [-0.2, 0) is 0 Å². The highest BCUT2D eigenvalue weighted by Gasteiger charge is 2.49. The van der Waals surface area contributed by atoms with Gasteiger partial charge in [0.1, 0.15) is 0 Å². The maximum atomic E-state index is 9.12. The van der Waals surface area contributed by atoms with E-state index in [0.29, 0.717) is 5.92 Å². The Bertz CT molecular complexity index is 526. The second-order valence-electron chi connectivity index (χ2n) is 7.61. The molecule has 1 unspecified atom stereocenters. The van der Waals surface area contributed by atoms with Crippen molar-refractivity contribution < 1.29 is 5.21 Å². The molecule has 112 valence electrons. The van der Waals surface area contributed by atoms with Gasteiger partial charge in [-0.15, -0.1) is 12.3 Å². The lowest BCUT2D eigenvalue weighted by atomic mass is 9.54. The maximum Gasteiger partial charge on any atom is 0.0807 e. The Morgan fingerprint density at radius 2 is 2.00 bits per heavy atom. The molecular formula is C19H25NO. The lowest BCUT2D eigenvalue weighted by molar-refractivity contribution is 0.0419. The number of hydrogen-bond donors (Lipinski definition) is 1. The van der Waals surface area contributed by atoms with Gasteiger partial charge in [-0.1, -0.05) is 23.6 Å². The minimum absolute atomic E-state index is 0.252. The normalized spacial score (nSPS) is 47.0. The van der Waals surface area contributed by atoms with Gasteiger partial charge >= 0.3 is 0 Å². The van der Waals surface area contributed by atoms with E-state index in [1.165, 1.54) is 50.5 Å². The van der Waals surface area contributed by atoms with E-state index in [0.717, 1.165) is 35.8 Å². The Hall–Kier alpha value is -1.23. The predicted octanol–water partition coefficient (Wildman–Crippen LogP) is 4.25. The molecular weight excluding hydrogens is 258 g/mol. The van der Waals surface area contributed by atoms with Gasteiger partial charge in [-0.05, 0) is 67.8 Å². The molecule has 3 fully saturated rings. The molecule has 0 radical (unpaired) electrons. The largest absolute Gasteiger partial charge is 0.411 e. The molecule has 2 heteroatoms. The number of hydrogen-bond acceptors (Lipinski definition) is 2. The van der Waals surface area contributed by atoms with Crippen LogP contribution in [0.15, 0.2) is 16.8 Å². The first-order valence-corrected chi connectivity index (χ1v) is 8.69. The summed E-state index contributed by atoms with van der Waals surface area (Å²) in [4.78, 5) is 0. The molecule has 21 heavy (non-hydrogen) atoms. The van der Waals surface area contributed by atoms with Crippen molar-refractivity contribution in [2.24, 2.45) is 40.7 Å². The van der Waals surface area contributed by atoms with Crippen LogP contribution in [-0.4, -0.2) is 10.9 Å². The first kappa shape index (κ1) is 13.4. The van der Waals surface area contributed by atoms with Gasteiger partial charge in [0.15, 0.2) is 0 Å². The highest BCUT2D eigenvalue weighted by atomic mass is 16.4. The molecule has 4 aliphatic carbocycles. The van der Waals surface area contributed by atoms with E-state index in [9.17, 15) is 0 Å². The lowest BCUT2D eigenvalue weighted by Crippen LogP contribution is -2.43. The number of terminal acetylenes is 1. The van der Waals surface area contributed by atoms with E-state index in [1.54, 1.807) is 0 Å². The van der Waals surface area contributed by atoms with Gasteiger partial charge in [-0.2, -0.15) is 0 Å². The fraction of sp³-hybridized carbons (Fsp3) is 0.737. The van der Waals surface area contributed by atoms with Crippen molar-refractivity contribution in [3.8, 4) is 12.3 Å². The van der Waals surface area contributed by atoms with Gasteiger partial charge in [0.2, 0.25) is 0 Å². The molecule has 0 heterocycles.